The highest BCUT2D eigenvalue weighted by Gasteiger charge is 2.49. The predicted octanol–water partition coefficient (Wildman–Crippen LogP) is 2.35. The maximum atomic E-state index is 6.02. The molecular formula is C20H26ClN4O2+. The topological polar surface area (TPSA) is 56.3 Å². The molecule has 1 N–H and O–H groups in total. The van der Waals surface area contributed by atoms with Gasteiger partial charge >= 0.3 is 5.88 Å². The monoisotopic (exact) mass is 389 g/mol. The zero-order valence-electron chi connectivity index (χ0n) is 16.2. The van der Waals surface area contributed by atoms with Crippen LogP contribution in [-0.2, 0) is 9.57 Å². The van der Waals surface area contributed by atoms with Gasteiger partial charge < -0.3 is 10.1 Å². The zero-order chi connectivity index (χ0) is 18.3. The van der Waals surface area contributed by atoms with E-state index in [1.54, 1.807) is 20.4 Å². The molecule has 1 aromatic rings. The highest BCUT2D eigenvalue weighted by atomic mass is 35.5. The van der Waals surface area contributed by atoms with Gasteiger partial charge in [0.15, 0.2) is 17.7 Å². The number of hydrogen-bond donors (Lipinski definition) is 1. The van der Waals surface area contributed by atoms with E-state index in [1.165, 1.54) is 11.1 Å². The Hall–Kier alpha value is -2.15. The quantitative estimate of drug-likeness (QED) is 0.783. The van der Waals surface area contributed by atoms with Gasteiger partial charge in [-0.1, -0.05) is 30.6 Å². The van der Waals surface area contributed by atoms with Crippen LogP contribution in [0.5, 0.6) is 0 Å². The van der Waals surface area contributed by atoms with Crippen molar-refractivity contribution in [1.82, 2.24) is 10.2 Å². The molecule has 1 aliphatic carbocycles. The molecule has 0 fully saturated rings. The van der Waals surface area contributed by atoms with E-state index in [-0.39, 0.29) is 17.1 Å². The summed E-state index contributed by atoms with van der Waals surface area (Å²) in [6, 6.07) is 0. The number of nitrogens with one attached hydrogen (secondary N) is 1. The molecule has 1 atom stereocenters. The standard InChI is InChI=1S/C20H25N4O2.ClH/c1-13(2)10-21-20-18-15(11-22-23-20)12-24(26-4)17(25-3)9-14-7-5-6-8-16(14)19(18)24;/h6,8-9,11-13H,5,7,10H2,1-4H3,(H,21,23);1H/q+1;. The first-order valence-corrected chi connectivity index (χ1v) is 9.05. The number of allylic oxidation sites excluding steroid dienone is 3. The second-order valence-electron chi connectivity index (χ2n) is 7.18. The SMILES string of the molecule is COC1=CC2=C(C=CCC2)C2=c3c(NCC(C)C)nncc3=C[N+]12OC.Cl. The van der Waals surface area contributed by atoms with Crippen molar-refractivity contribution in [3.8, 4) is 0 Å². The van der Waals surface area contributed by atoms with E-state index in [4.69, 9.17) is 9.57 Å². The molecule has 2 aliphatic heterocycles. The van der Waals surface area contributed by atoms with Crippen molar-refractivity contribution in [3.05, 3.63) is 51.9 Å². The van der Waals surface area contributed by atoms with Crippen LogP contribution in [0, 0.1) is 5.92 Å². The highest BCUT2D eigenvalue weighted by Crippen LogP contribution is 2.43. The molecule has 0 radical (unpaired) electrons. The number of nitrogens with zero attached hydrogens (tertiary/aromatic N) is 3. The van der Waals surface area contributed by atoms with Gasteiger partial charge in [0.25, 0.3) is 0 Å². The van der Waals surface area contributed by atoms with Crippen molar-refractivity contribution >= 4 is 30.1 Å². The van der Waals surface area contributed by atoms with Gasteiger partial charge in [-0.05, 0) is 24.3 Å². The van der Waals surface area contributed by atoms with Gasteiger partial charge in [-0.2, -0.15) is 9.94 Å². The summed E-state index contributed by atoms with van der Waals surface area (Å²) in [5.41, 5.74) is 3.52. The Morgan fingerprint density at radius 1 is 1.30 bits per heavy atom. The minimum atomic E-state index is 0. The van der Waals surface area contributed by atoms with E-state index in [0.717, 1.165) is 47.2 Å². The molecule has 144 valence electrons. The van der Waals surface area contributed by atoms with Crippen molar-refractivity contribution in [2.45, 2.75) is 26.7 Å². The van der Waals surface area contributed by atoms with Gasteiger partial charge in [-0.25, -0.2) is 0 Å². The van der Waals surface area contributed by atoms with Crippen LogP contribution in [0.4, 0.5) is 5.82 Å². The summed E-state index contributed by atoms with van der Waals surface area (Å²) in [5, 5.41) is 14.1. The lowest BCUT2D eigenvalue weighted by Gasteiger charge is -2.34. The number of ether oxygens (including phenoxy) is 1. The summed E-state index contributed by atoms with van der Waals surface area (Å²) >= 11 is 0. The number of rotatable bonds is 5. The van der Waals surface area contributed by atoms with Gasteiger partial charge in [0.2, 0.25) is 0 Å². The van der Waals surface area contributed by atoms with Crippen molar-refractivity contribution in [3.63, 3.8) is 0 Å². The van der Waals surface area contributed by atoms with Crippen molar-refractivity contribution in [2.24, 2.45) is 5.92 Å². The van der Waals surface area contributed by atoms with Crippen LogP contribution in [0.3, 0.4) is 0 Å². The second-order valence-corrected chi connectivity index (χ2v) is 7.18. The fraction of sp³-hybridized carbons (Fsp3) is 0.400. The summed E-state index contributed by atoms with van der Waals surface area (Å²) in [4.78, 5) is 6.02. The van der Waals surface area contributed by atoms with Crippen LogP contribution in [0.25, 0.3) is 11.9 Å². The first-order chi connectivity index (χ1) is 12.6. The number of hydroxylamine groups is 3. The predicted molar refractivity (Wildman–Crippen MR) is 107 cm³/mol. The molecular weight excluding hydrogens is 364 g/mol. The number of anilines is 1. The van der Waals surface area contributed by atoms with Crippen LogP contribution in [-0.4, -0.2) is 35.6 Å². The molecule has 1 unspecified atom stereocenters. The molecule has 0 saturated carbocycles. The van der Waals surface area contributed by atoms with Gasteiger partial charge in [-0.15, -0.1) is 17.5 Å². The minimum absolute atomic E-state index is 0. The maximum absolute atomic E-state index is 6.02. The lowest BCUT2D eigenvalue weighted by molar-refractivity contribution is -0.962. The van der Waals surface area contributed by atoms with E-state index >= 15 is 0 Å². The molecule has 3 aliphatic rings. The molecule has 0 bridgehead atoms. The molecule has 0 amide bonds. The van der Waals surface area contributed by atoms with E-state index in [2.05, 4.69) is 47.6 Å². The third kappa shape index (κ3) is 2.98. The number of halogens is 1. The van der Waals surface area contributed by atoms with Gasteiger partial charge in [0, 0.05) is 18.2 Å². The lowest BCUT2D eigenvalue weighted by Crippen LogP contribution is -2.42. The fourth-order valence-corrected chi connectivity index (χ4v) is 3.82. The molecule has 0 saturated heterocycles. The Kier molecular flexibility index (Phi) is 5.42. The first kappa shape index (κ1) is 19.6. The van der Waals surface area contributed by atoms with E-state index in [0.29, 0.717) is 5.92 Å². The number of methoxy groups -OCH3 is 1. The molecule has 4 rings (SSSR count). The normalized spacial score (nSPS) is 22.4. The number of hydrogen-bond acceptors (Lipinski definition) is 5. The molecule has 0 spiro atoms. The molecule has 6 nitrogen and oxygen atoms in total. The Morgan fingerprint density at radius 3 is 2.81 bits per heavy atom. The summed E-state index contributed by atoms with van der Waals surface area (Å²) in [6.07, 6.45) is 12.4. The van der Waals surface area contributed by atoms with Gasteiger partial charge in [0.05, 0.1) is 30.9 Å². The van der Waals surface area contributed by atoms with Crippen molar-refractivity contribution < 1.29 is 14.2 Å². The van der Waals surface area contributed by atoms with Crippen LogP contribution < -0.4 is 15.8 Å². The highest BCUT2D eigenvalue weighted by molar-refractivity contribution is 5.85. The van der Waals surface area contributed by atoms with Crippen molar-refractivity contribution in [2.75, 3.05) is 26.1 Å². The summed E-state index contributed by atoms with van der Waals surface area (Å²) in [7, 11) is 3.40. The first-order valence-electron chi connectivity index (χ1n) is 9.05. The minimum Gasteiger partial charge on any atom is -0.452 e. The number of fused-ring (bicyclic) bond motifs is 3. The van der Waals surface area contributed by atoms with E-state index in [9.17, 15) is 0 Å². The van der Waals surface area contributed by atoms with Crippen LogP contribution >= 0.6 is 12.4 Å². The van der Waals surface area contributed by atoms with Gasteiger partial charge in [0.1, 0.15) is 0 Å². The average molecular weight is 390 g/mol. The van der Waals surface area contributed by atoms with E-state index < -0.39 is 0 Å². The smallest absolute Gasteiger partial charge is 0.335 e. The summed E-state index contributed by atoms with van der Waals surface area (Å²) in [6.45, 7) is 5.19. The Labute approximate surface area is 165 Å². The third-order valence-electron chi connectivity index (χ3n) is 5.04. The lowest BCUT2D eigenvalue weighted by atomic mass is 9.91. The molecule has 3 heterocycles. The number of quaternary nitrogens is 1. The third-order valence-corrected chi connectivity index (χ3v) is 5.04. The number of aromatic nitrogens is 2. The Bertz CT molecular complexity index is 965. The fourth-order valence-electron chi connectivity index (χ4n) is 3.82. The van der Waals surface area contributed by atoms with Gasteiger partial charge in [-0.3, -0.25) is 0 Å². The summed E-state index contributed by atoms with van der Waals surface area (Å²) < 4.78 is 5.85. The van der Waals surface area contributed by atoms with Crippen molar-refractivity contribution in [1.29, 1.82) is 0 Å². The van der Waals surface area contributed by atoms with Crippen LogP contribution in [0.2, 0.25) is 0 Å². The van der Waals surface area contributed by atoms with Crippen LogP contribution in [0.15, 0.2) is 41.5 Å². The molecule has 27 heavy (non-hydrogen) atoms. The average Bonchev–Trinajstić information content (AvgIpc) is 3.02. The molecule has 7 heteroatoms. The van der Waals surface area contributed by atoms with E-state index in [1.807, 2.05) is 6.20 Å². The second kappa shape index (κ2) is 7.46. The van der Waals surface area contributed by atoms with Crippen LogP contribution in [0.1, 0.15) is 26.7 Å². The largest absolute Gasteiger partial charge is 0.452 e. The molecule has 1 aromatic heterocycles. The maximum Gasteiger partial charge on any atom is 0.335 e. The molecule has 0 aromatic carbocycles. The zero-order valence-corrected chi connectivity index (χ0v) is 17.0. The Balaban J connectivity index is 0.00000210. The Morgan fingerprint density at radius 2 is 2.11 bits per heavy atom. The summed E-state index contributed by atoms with van der Waals surface area (Å²) in [5.74, 6) is 2.06.